The predicted molar refractivity (Wildman–Crippen MR) is 85.9 cm³/mol. The molecule has 2 aromatic rings. The van der Waals surface area contributed by atoms with Gasteiger partial charge in [-0.2, -0.15) is 0 Å². The van der Waals surface area contributed by atoms with E-state index in [0.29, 0.717) is 30.5 Å². The molecule has 0 radical (unpaired) electrons. The van der Waals surface area contributed by atoms with E-state index < -0.39 is 0 Å². The zero-order chi connectivity index (χ0) is 16.1. The van der Waals surface area contributed by atoms with Crippen LogP contribution in [0.3, 0.4) is 0 Å². The highest BCUT2D eigenvalue weighted by Crippen LogP contribution is 2.33. The van der Waals surface area contributed by atoms with E-state index in [-0.39, 0.29) is 18.6 Å². The second-order valence-electron chi connectivity index (χ2n) is 5.29. The van der Waals surface area contributed by atoms with Crippen molar-refractivity contribution in [3.8, 4) is 17.2 Å². The summed E-state index contributed by atoms with van der Waals surface area (Å²) in [6, 6.07) is 15.0. The van der Waals surface area contributed by atoms with Crippen LogP contribution in [0.2, 0.25) is 0 Å². The fourth-order valence-electron chi connectivity index (χ4n) is 2.37. The third-order valence-electron chi connectivity index (χ3n) is 3.56. The molecule has 1 amide bonds. The summed E-state index contributed by atoms with van der Waals surface area (Å²) in [5, 5.41) is 2.91. The number of fused-ring (bicyclic) bond motifs is 1. The van der Waals surface area contributed by atoms with Crippen LogP contribution in [-0.4, -0.2) is 25.7 Å². The molecule has 0 fully saturated rings. The Balaban J connectivity index is 1.53. The minimum absolute atomic E-state index is 0.0448. The van der Waals surface area contributed by atoms with E-state index in [1.54, 1.807) is 18.2 Å². The van der Waals surface area contributed by atoms with Crippen LogP contribution >= 0.6 is 0 Å². The summed E-state index contributed by atoms with van der Waals surface area (Å²) >= 11 is 0. The van der Waals surface area contributed by atoms with Gasteiger partial charge in [0.15, 0.2) is 18.1 Å². The van der Waals surface area contributed by atoms with Gasteiger partial charge in [0.05, 0.1) is 6.04 Å². The molecule has 0 bridgehead atoms. The fourth-order valence-corrected chi connectivity index (χ4v) is 2.37. The van der Waals surface area contributed by atoms with Gasteiger partial charge >= 0.3 is 0 Å². The van der Waals surface area contributed by atoms with Gasteiger partial charge < -0.3 is 19.5 Å². The van der Waals surface area contributed by atoms with E-state index in [0.717, 1.165) is 5.56 Å². The molecular weight excluding hydrogens is 294 g/mol. The minimum atomic E-state index is -0.170. The molecule has 0 saturated heterocycles. The van der Waals surface area contributed by atoms with Gasteiger partial charge in [-0.05, 0) is 24.6 Å². The zero-order valence-electron chi connectivity index (χ0n) is 13.0. The normalized spacial score (nSPS) is 14.0. The van der Waals surface area contributed by atoms with Crippen LogP contribution in [0.25, 0.3) is 0 Å². The third kappa shape index (κ3) is 3.94. The molecule has 1 heterocycles. The van der Waals surface area contributed by atoms with Crippen molar-refractivity contribution in [2.24, 2.45) is 0 Å². The smallest absolute Gasteiger partial charge is 0.258 e. The van der Waals surface area contributed by atoms with Gasteiger partial charge in [0.2, 0.25) is 0 Å². The molecule has 2 aromatic carbocycles. The summed E-state index contributed by atoms with van der Waals surface area (Å²) < 4.78 is 16.5. The topological polar surface area (TPSA) is 56.8 Å². The van der Waals surface area contributed by atoms with Gasteiger partial charge in [0, 0.05) is 6.07 Å². The summed E-state index contributed by atoms with van der Waals surface area (Å²) in [7, 11) is 0. The molecule has 0 aliphatic carbocycles. The van der Waals surface area contributed by atoms with Crippen molar-refractivity contribution in [1.29, 1.82) is 0 Å². The molecule has 0 saturated carbocycles. The Bertz CT molecular complexity index is 672. The maximum Gasteiger partial charge on any atom is 0.258 e. The molecule has 0 unspecified atom stereocenters. The Morgan fingerprint density at radius 2 is 1.87 bits per heavy atom. The van der Waals surface area contributed by atoms with E-state index in [4.69, 9.17) is 14.2 Å². The van der Waals surface area contributed by atoms with Crippen LogP contribution in [0.1, 0.15) is 18.5 Å². The van der Waals surface area contributed by atoms with E-state index in [9.17, 15) is 4.79 Å². The molecule has 120 valence electrons. The van der Waals surface area contributed by atoms with Gasteiger partial charge in [-0.3, -0.25) is 4.79 Å². The van der Waals surface area contributed by atoms with E-state index >= 15 is 0 Å². The molecule has 1 atom stereocenters. The van der Waals surface area contributed by atoms with Crippen LogP contribution in [0.4, 0.5) is 0 Å². The number of ether oxygens (including phenoxy) is 3. The van der Waals surface area contributed by atoms with Gasteiger partial charge in [-0.25, -0.2) is 0 Å². The van der Waals surface area contributed by atoms with E-state index in [2.05, 4.69) is 5.32 Å². The SMILES string of the molecule is C[C@@H](NC(=O)COc1ccc2c(c1)OCCO2)c1ccccc1. The molecule has 1 aliphatic rings. The quantitative estimate of drug-likeness (QED) is 0.922. The maximum absolute atomic E-state index is 12.0. The number of carbonyl (C=O) groups is 1. The third-order valence-corrected chi connectivity index (χ3v) is 3.56. The molecule has 23 heavy (non-hydrogen) atoms. The average molecular weight is 313 g/mol. The Morgan fingerprint density at radius 3 is 2.65 bits per heavy atom. The zero-order valence-corrected chi connectivity index (χ0v) is 13.0. The second kappa shape index (κ2) is 7.05. The van der Waals surface area contributed by atoms with Crippen LogP contribution in [-0.2, 0) is 4.79 Å². The fraction of sp³-hybridized carbons (Fsp3) is 0.278. The Morgan fingerprint density at radius 1 is 1.13 bits per heavy atom. The van der Waals surface area contributed by atoms with Crippen LogP contribution in [0, 0.1) is 0 Å². The molecule has 1 aliphatic heterocycles. The number of rotatable bonds is 5. The first-order chi connectivity index (χ1) is 11.2. The maximum atomic E-state index is 12.0. The Kier molecular flexibility index (Phi) is 4.66. The van der Waals surface area contributed by atoms with Gasteiger partial charge in [0.25, 0.3) is 5.91 Å². The van der Waals surface area contributed by atoms with Crippen LogP contribution < -0.4 is 19.5 Å². The number of hydrogen-bond donors (Lipinski definition) is 1. The number of amides is 1. The summed E-state index contributed by atoms with van der Waals surface area (Å²) in [4.78, 5) is 12.0. The van der Waals surface area contributed by atoms with E-state index in [1.807, 2.05) is 37.3 Å². The standard InChI is InChI=1S/C18H19NO4/c1-13(14-5-3-2-4-6-14)19-18(20)12-23-15-7-8-16-17(11-15)22-10-9-21-16/h2-8,11,13H,9-10,12H2,1H3,(H,19,20)/t13-/m1/s1. The second-order valence-corrected chi connectivity index (χ2v) is 5.29. The largest absolute Gasteiger partial charge is 0.486 e. The van der Waals surface area contributed by atoms with Crippen molar-refractivity contribution in [2.75, 3.05) is 19.8 Å². The Hall–Kier alpha value is -2.69. The molecule has 5 heteroatoms. The first-order valence-electron chi connectivity index (χ1n) is 7.59. The Labute approximate surface area is 135 Å². The van der Waals surface area contributed by atoms with Crippen molar-refractivity contribution in [3.63, 3.8) is 0 Å². The lowest BCUT2D eigenvalue weighted by Crippen LogP contribution is -2.31. The highest BCUT2D eigenvalue weighted by atomic mass is 16.6. The first kappa shape index (κ1) is 15.2. The summed E-state index contributed by atoms with van der Waals surface area (Å²) in [5.41, 5.74) is 1.06. The number of hydrogen-bond acceptors (Lipinski definition) is 4. The van der Waals surface area contributed by atoms with Gasteiger partial charge in [-0.1, -0.05) is 30.3 Å². The van der Waals surface area contributed by atoms with Crippen LogP contribution in [0.5, 0.6) is 17.2 Å². The lowest BCUT2D eigenvalue weighted by atomic mass is 10.1. The number of carbonyl (C=O) groups excluding carboxylic acids is 1. The first-order valence-corrected chi connectivity index (χ1v) is 7.59. The molecule has 1 N–H and O–H groups in total. The van der Waals surface area contributed by atoms with Crippen molar-refractivity contribution in [1.82, 2.24) is 5.32 Å². The summed E-state index contributed by atoms with van der Waals surface area (Å²) in [5.74, 6) is 1.76. The van der Waals surface area contributed by atoms with E-state index in [1.165, 1.54) is 0 Å². The highest BCUT2D eigenvalue weighted by Gasteiger charge is 2.13. The van der Waals surface area contributed by atoms with Crippen molar-refractivity contribution in [2.45, 2.75) is 13.0 Å². The molecule has 5 nitrogen and oxygen atoms in total. The monoisotopic (exact) mass is 313 g/mol. The predicted octanol–water partition coefficient (Wildman–Crippen LogP) is 2.71. The van der Waals surface area contributed by atoms with Gasteiger partial charge in [-0.15, -0.1) is 0 Å². The van der Waals surface area contributed by atoms with Crippen molar-refractivity contribution in [3.05, 3.63) is 54.1 Å². The summed E-state index contributed by atoms with van der Waals surface area (Å²) in [6.07, 6.45) is 0. The highest BCUT2D eigenvalue weighted by molar-refractivity contribution is 5.78. The summed E-state index contributed by atoms with van der Waals surface area (Å²) in [6.45, 7) is 2.96. The number of benzene rings is 2. The van der Waals surface area contributed by atoms with Crippen molar-refractivity contribution >= 4 is 5.91 Å². The average Bonchev–Trinajstić information content (AvgIpc) is 2.60. The lowest BCUT2D eigenvalue weighted by Gasteiger charge is -2.19. The number of nitrogens with one attached hydrogen (secondary N) is 1. The molecular formula is C18H19NO4. The van der Waals surface area contributed by atoms with Gasteiger partial charge in [0.1, 0.15) is 19.0 Å². The van der Waals surface area contributed by atoms with Crippen molar-refractivity contribution < 1.29 is 19.0 Å². The minimum Gasteiger partial charge on any atom is -0.486 e. The molecule has 3 rings (SSSR count). The molecule has 0 aromatic heterocycles. The lowest BCUT2D eigenvalue weighted by molar-refractivity contribution is -0.123. The molecule has 0 spiro atoms. The van der Waals surface area contributed by atoms with Crippen LogP contribution in [0.15, 0.2) is 48.5 Å².